The predicted octanol–water partition coefficient (Wildman–Crippen LogP) is 2.15. The molecule has 98 valence electrons. The maximum atomic E-state index is 5.97. The van der Waals surface area contributed by atoms with Gasteiger partial charge in [-0.15, -0.1) is 11.6 Å². The van der Waals surface area contributed by atoms with Crippen molar-refractivity contribution in [1.29, 1.82) is 0 Å². The Kier molecular flexibility index (Phi) is 3.21. The summed E-state index contributed by atoms with van der Waals surface area (Å²) in [7, 11) is 1.92. The molecule has 0 spiro atoms. The first kappa shape index (κ1) is 12.2. The number of aromatic nitrogens is 5. The summed E-state index contributed by atoms with van der Waals surface area (Å²) in [5.74, 6) is 1.28. The second-order valence-corrected chi connectivity index (χ2v) is 4.68. The summed E-state index contributed by atoms with van der Waals surface area (Å²) in [6.45, 7) is 0.819. The number of imidazole rings is 1. The number of pyridine rings is 1. The zero-order valence-electron chi connectivity index (χ0n) is 10.6. The summed E-state index contributed by atoms with van der Waals surface area (Å²) in [5.41, 5.74) is 3.03. The molecule has 6 heteroatoms. The average Bonchev–Trinajstić information content (AvgIpc) is 2.99. The number of rotatable bonds is 4. The number of hydrogen-bond donors (Lipinski definition) is 0. The van der Waals surface area contributed by atoms with Crippen LogP contribution in [0.2, 0.25) is 0 Å². The largest absolute Gasteiger partial charge is 0.326 e. The van der Waals surface area contributed by atoms with Crippen LogP contribution in [-0.2, 0) is 25.9 Å². The van der Waals surface area contributed by atoms with Crippen LogP contribution < -0.4 is 0 Å². The van der Waals surface area contributed by atoms with Gasteiger partial charge in [-0.3, -0.25) is 9.67 Å². The highest BCUT2D eigenvalue weighted by molar-refractivity contribution is 6.16. The van der Waals surface area contributed by atoms with Gasteiger partial charge in [0.15, 0.2) is 0 Å². The fraction of sp³-hybridized carbons (Fsp3) is 0.308. The Labute approximate surface area is 115 Å². The highest BCUT2D eigenvalue weighted by Crippen LogP contribution is 2.17. The van der Waals surface area contributed by atoms with Crippen molar-refractivity contribution in [2.24, 2.45) is 7.05 Å². The smallest absolute Gasteiger partial charge is 0.124 e. The molecule has 5 nitrogen and oxygen atoms in total. The van der Waals surface area contributed by atoms with Gasteiger partial charge in [0.2, 0.25) is 0 Å². The van der Waals surface area contributed by atoms with E-state index in [1.807, 2.05) is 30.1 Å². The third-order valence-electron chi connectivity index (χ3n) is 3.11. The number of halogens is 1. The SMILES string of the molecule is Cn1ccc(CCn2c(CCl)nc3cnccc32)n1. The van der Waals surface area contributed by atoms with Crippen LogP contribution in [0.1, 0.15) is 11.5 Å². The normalized spacial score (nSPS) is 11.3. The third kappa shape index (κ3) is 2.33. The summed E-state index contributed by atoms with van der Waals surface area (Å²) in [6.07, 6.45) is 6.36. The van der Waals surface area contributed by atoms with Crippen molar-refractivity contribution in [3.05, 3.63) is 42.2 Å². The molecule has 0 atom stereocenters. The van der Waals surface area contributed by atoms with Gasteiger partial charge in [-0.1, -0.05) is 0 Å². The molecule has 0 aromatic carbocycles. The molecule has 0 aliphatic rings. The molecule has 0 saturated heterocycles. The van der Waals surface area contributed by atoms with E-state index in [1.54, 1.807) is 12.4 Å². The maximum absolute atomic E-state index is 5.97. The van der Waals surface area contributed by atoms with Crippen LogP contribution >= 0.6 is 11.6 Å². The van der Waals surface area contributed by atoms with E-state index in [4.69, 9.17) is 11.6 Å². The van der Waals surface area contributed by atoms with Crippen LogP contribution in [0.15, 0.2) is 30.7 Å². The Balaban J connectivity index is 1.90. The summed E-state index contributed by atoms with van der Waals surface area (Å²) in [6, 6.07) is 4.00. The number of fused-ring (bicyclic) bond motifs is 1. The number of aryl methyl sites for hydroxylation is 3. The van der Waals surface area contributed by atoms with E-state index in [0.29, 0.717) is 5.88 Å². The van der Waals surface area contributed by atoms with E-state index >= 15 is 0 Å². The van der Waals surface area contributed by atoms with E-state index in [2.05, 4.69) is 19.6 Å². The molecule has 0 fully saturated rings. The van der Waals surface area contributed by atoms with Crippen LogP contribution in [0.4, 0.5) is 0 Å². The predicted molar refractivity (Wildman–Crippen MR) is 74.0 cm³/mol. The van der Waals surface area contributed by atoms with E-state index < -0.39 is 0 Å². The molecule has 3 rings (SSSR count). The lowest BCUT2D eigenvalue weighted by atomic mass is 10.3. The van der Waals surface area contributed by atoms with Crippen LogP contribution in [-0.4, -0.2) is 24.3 Å². The molecule has 0 N–H and O–H groups in total. The van der Waals surface area contributed by atoms with Crippen LogP contribution in [0, 0.1) is 0 Å². The van der Waals surface area contributed by atoms with Gasteiger partial charge in [-0.2, -0.15) is 5.10 Å². The lowest BCUT2D eigenvalue weighted by Gasteiger charge is -2.06. The van der Waals surface area contributed by atoms with Crippen LogP contribution in [0.25, 0.3) is 11.0 Å². The Morgan fingerprint density at radius 3 is 2.95 bits per heavy atom. The number of alkyl halides is 1. The van der Waals surface area contributed by atoms with E-state index in [0.717, 1.165) is 35.5 Å². The topological polar surface area (TPSA) is 48.5 Å². The molecule has 0 aliphatic carbocycles. The van der Waals surface area contributed by atoms with E-state index in [1.165, 1.54) is 0 Å². The third-order valence-corrected chi connectivity index (χ3v) is 3.35. The van der Waals surface area contributed by atoms with Crippen molar-refractivity contribution >= 4 is 22.6 Å². The molecule has 0 unspecified atom stereocenters. The lowest BCUT2D eigenvalue weighted by Crippen LogP contribution is -2.05. The van der Waals surface area contributed by atoms with Crippen LogP contribution in [0.5, 0.6) is 0 Å². The zero-order valence-corrected chi connectivity index (χ0v) is 11.4. The van der Waals surface area contributed by atoms with Crippen molar-refractivity contribution in [1.82, 2.24) is 24.3 Å². The molecular formula is C13H14ClN5. The second kappa shape index (κ2) is 5.01. The molecule has 0 amide bonds. The van der Waals surface area contributed by atoms with Crippen molar-refractivity contribution in [2.75, 3.05) is 0 Å². The first-order valence-electron chi connectivity index (χ1n) is 6.11. The minimum Gasteiger partial charge on any atom is -0.326 e. The molecule has 3 heterocycles. The minimum atomic E-state index is 0.400. The Morgan fingerprint density at radius 1 is 1.32 bits per heavy atom. The number of nitrogens with zero attached hydrogens (tertiary/aromatic N) is 5. The van der Waals surface area contributed by atoms with Gasteiger partial charge in [-0.05, 0) is 12.1 Å². The highest BCUT2D eigenvalue weighted by atomic mass is 35.5. The monoisotopic (exact) mass is 275 g/mol. The highest BCUT2D eigenvalue weighted by Gasteiger charge is 2.10. The molecule has 0 aliphatic heterocycles. The van der Waals surface area contributed by atoms with E-state index in [-0.39, 0.29) is 0 Å². The Morgan fingerprint density at radius 2 is 2.21 bits per heavy atom. The molecule has 0 saturated carbocycles. The van der Waals surface area contributed by atoms with Gasteiger partial charge < -0.3 is 4.57 Å². The minimum absolute atomic E-state index is 0.400. The molecule has 0 bridgehead atoms. The van der Waals surface area contributed by atoms with Crippen molar-refractivity contribution in [3.63, 3.8) is 0 Å². The standard InChI is InChI=1S/C13H14ClN5/c1-18-6-3-10(17-18)4-7-19-12-2-5-15-9-11(12)16-13(19)8-14/h2-3,5-6,9H,4,7-8H2,1H3. The van der Waals surface area contributed by atoms with Gasteiger partial charge in [0, 0.05) is 32.4 Å². The molecule has 3 aromatic rings. The molecular weight excluding hydrogens is 262 g/mol. The molecule has 0 radical (unpaired) electrons. The van der Waals surface area contributed by atoms with Gasteiger partial charge >= 0.3 is 0 Å². The maximum Gasteiger partial charge on any atom is 0.124 e. The first-order chi connectivity index (χ1) is 9.28. The van der Waals surface area contributed by atoms with Gasteiger partial charge in [-0.25, -0.2) is 4.98 Å². The van der Waals surface area contributed by atoms with Crippen molar-refractivity contribution < 1.29 is 0 Å². The van der Waals surface area contributed by atoms with Gasteiger partial charge in [0.05, 0.1) is 23.3 Å². The fourth-order valence-corrected chi connectivity index (χ4v) is 2.41. The summed E-state index contributed by atoms with van der Waals surface area (Å²) < 4.78 is 3.95. The zero-order chi connectivity index (χ0) is 13.2. The summed E-state index contributed by atoms with van der Waals surface area (Å²) in [5, 5.41) is 4.38. The number of hydrogen-bond acceptors (Lipinski definition) is 3. The Bertz CT molecular complexity index is 700. The Hall–Kier alpha value is -1.88. The van der Waals surface area contributed by atoms with Crippen molar-refractivity contribution in [2.45, 2.75) is 18.8 Å². The lowest BCUT2D eigenvalue weighted by molar-refractivity contribution is 0.660. The molecule has 19 heavy (non-hydrogen) atoms. The summed E-state index contributed by atoms with van der Waals surface area (Å²) >= 11 is 5.97. The quantitative estimate of drug-likeness (QED) is 0.686. The first-order valence-corrected chi connectivity index (χ1v) is 6.65. The van der Waals surface area contributed by atoms with E-state index in [9.17, 15) is 0 Å². The van der Waals surface area contributed by atoms with Gasteiger partial charge in [0.25, 0.3) is 0 Å². The van der Waals surface area contributed by atoms with Gasteiger partial charge in [0.1, 0.15) is 11.3 Å². The fourth-order valence-electron chi connectivity index (χ4n) is 2.21. The summed E-state index contributed by atoms with van der Waals surface area (Å²) in [4.78, 5) is 8.58. The van der Waals surface area contributed by atoms with Crippen LogP contribution in [0.3, 0.4) is 0 Å². The molecule has 3 aromatic heterocycles. The average molecular weight is 276 g/mol. The second-order valence-electron chi connectivity index (χ2n) is 4.41. The van der Waals surface area contributed by atoms with Crippen molar-refractivity contribution in [3.8, 4) is 0 Å².